The van der Waals surface area contributed by atoms with Crippen LogP contribution in [0.4, 0.5) is 0 Å². The first kappa shape index (κ1) is 13.5. The molecule has 21 heavy (non-hydrogen) atoms. The van der Waals surface area contributed by atoms with Crippen LogP contribution in [-0.4, -0.2) is 11.6 Å². The second kappa shape index (κ2) is 4.18. The number of ketones is 2. The summed E-state index contributed by atoms with van der Waals surface area (Å²) in [7, 11) is 0. The topological polar surface area (TPSA) is 34.1 Å². The lowest BCUT2D eigenvalue weighted by Gasteiger charge is -2.54. The Balaban J connectivity index is 1.77. The molecule has 112 valence electrons. The van der Waals surface area contributed by atoms with Gasteiger partial charge in [-0.3, -0.25) is 9.59 Å². The number of hydrogen-bond acceptors (Lipinski definition) is 2. The van der Waals surface area contributed by atoms with E-state index < -0.39 is 0 Å². The zero-order valence-electron chi connectivity index (χ0n) is 13.0. The van der Waals surface area contributed by atoms with Crippen LogP contribution < -0.4 is 0 Å². The minimum Gasteiger partial charge on any atom is -0.299 e. The Hall–Kier alpha value is -1.18. The molecule has 0 radical (unpaired) electrons. The van der Waals surface area contributed by atoms with E-state index in [1.807, 2.05) is 6.08 Å². The third-order valence-electron chi connectivity index (χ3n) is 7.22. The van der Waals surface area contributed by atoms with Crippen molar-refractivity contribution in [3.63, 3.8) is 0 Å². The monoisotopic (exact) mass is 284 g/mol. The summed E-state index contributed by atoms with van der Waals surface area (Å²) in [4.78, 5) is 24.1. The molecule has 0 aromatic carbocycles. The van der Waals surface area contributed by atoms with Crippen LogP contribution in [0.2, 0.25) is 0 Å². The maximum Gasteiger partial charge on any atom is 0.156 e. The largest absolute Gasteiger partial charge is 0.299 e. The second-order valence-corrected chi connectivity index (χ2v) is 8.05. The molecule has 2 nitrogen and oxygen atoms in total. The molecule has 4 aliphatic rings. The van der Waals surface area contributed by atoms with Gasteiger partial charge in [-0.05, 0) is 60.5 Å². The van der Waals surface area contributed by atoms with E-state index in [-0.39, 0.29) is 16.6 Å². The van der Waals surface area contributed by atoms with Crippen LogP contribution in [0, 0.1) is 28.6 Å². The van der Waals surface area contributed by atoms with E-state index in [0.717, 1.165) is 32.1 Å². The maximum atomic E-state index is 12.3. The van der Waals surface area contributed by atoms with Crippen molar-refractivity contribution < 1.29 is 9.59 Å². The van der Waals surface area contributed by atoms with Gasteiger partial charge in [-0.25, -0.2) is 0 Å². The smallest absolute Gasteiger partial charge is 0.156 e. The number of fused-ring (bicyclic) bond motifs is 5. The Bertz CT molecular complexity index is 584. The number of rotatable bonds is 0. The van der Waals surface area contributed by atoms with Gasteiger partial charge < -0.3 is 0 Å². The molecular formula is C19H24O2. The summed E-state index contributed by atoms with van der Waals surface area (Å²) < 4.78 is 0. The molecule has 4 rings (SSSR count). The Morgan fingerprint density at radius 2 is 1.76 bits per heavy atom. The van der Waals surface area contributed by atoms with Crippen molar-refractivity contribution in [2.45, 2.75) is 52.4 Å². The molecule has 0 spiro atoms. The van der Waals surface area contributed by atoms with Crippen molar-refractivity contribution in [3.8, 4) is 0 Å². The lowest BCUT2D eigenvalue weighted by molar-refractivity contribution is -0.130. The molecule has 2 fully saturated rings. The van der Waals surface area contributed by atoms with Crippen molar-refractivity contribution in [3.05, 3.63) is 23.8 Å². The average molecular weight is 284 g/mol. The van der Waals surface area contributed by atoms with Gasteiger partial charge in [-0.2, -0.15) is 0 Å². The Morgan fingerprint density at radius 3 is 2.57 bits per heavy atom. The highest BCUT2D eigenvalue weighted by Crippen LogP contribution is 2.62. The number of carbonyl (C=O) groups excluding carboxylic acids is 2. The molecule has 0 aliphatic heterocycles. The van der Waals surface area contributed by atoms with E-state index in [1.54, 1.807) is 0 Å². The molecule has 0 heterocycles. The Morgan fingerprint density at radius 1 is 1.00 bits per heavy atom. The molecule has 0 amide bonds. The Labute approximate surface area is 126 Å². The van der Waals surface area contributed by atoms with Crippen LogP contribution in [0.1, 0.15) is 52.4 Å². The lowest BCUT2D eigenvalue weighted by atomic mass is 9.49. The zero-order chi connectivity index (χ0) is 14.8. The van der Waals surface area contributed by atoms with Crippen molar-refractivity contribution >= 4 is 11.6 Å². The molecule has 0 saturated heterocycles. The van der Waals surface area contributed by atoms with E-state index >= 15 is 0 Å². The van der Waals surface area contributed by atoms with Gasteiger partial charge in [0.1, 0.15) is 5.78 Å². The highest BCUT2D eigenvalue weighted by atomic mass is 16.1. The third-order valence-corrected chi connectivity index (χ3v) is 7.22. The normalized spacial score (nSPS) is 48.5. The molecule has 4 aliphatic carbocycles. The predicted octanol–water partition coefficient (Wildman–Crippen LogP) is 3.86. The fourth-order valence-corrected chi connectivity index (χ4v) is 5.77. The summed E-state index contributed by atoms with van der Waals surface area (Å²) in [6, 6.07) is 0. The molecular weight excluding hydrogens is 260 g/mol. The van der Waals surface area contributed by atoms with Crippen molar-refractivity contribution in [1.29, 1.82) is 0 Å². The van der Waals surface area contributed by atoms with Gasteiger partial charge in [0.15, 0.2) is 5.78 Å². The zero-order valence-corrected chi connectivity index (χ0v) is 13.0. The van der Waals surface area contributed by atoms with Crippen LogP contribution in [-0.2, 0) is 9.59 Å². The second-order valence-electron chi connectivity index (χ2n) is 8.05. The van der Waals surface area contributed by atoms with Gasteiger partial charge in [0, 0.05) is 18.3 Å². The summed E-state index contributed by atoms with van der Waals surface area (Å²) in [5.41, 5.74) is 1.32. The SMILES string of the molecule is C[C@]12CC[C@H]3[C@@H](C=CC4=CC(=O)CC[C@]43C)[C@@H]1CCC2=O. The minimum absolute atomic E-state index is 0.0758. The van der Waals surface area contributed by atoms with E-state index in [4.69, 9.17) is 0 Å². The lowest BCUT2D eigenvalue weighted by Crippen LogP contribution is -2.49. The fourth-order valence-electron chi connectivity index (χ4n) is 5.77. The molecule has 0 N–H and O–H groups in total. The van der Waals surface area contributed by atoms with Crippen molar-refractivity contribution in [2.24, 2.45) is 28.6 Å². The molecule has 0 unspecified atom stereocenters. The van der Waals surface area contributed by atoms with Gasteiger partial charge in [-0.15, -0.1) is 0 Å². The van der Waals surface area contributed by atoms with Crippen LogP contribution >= 0.6 is 0 Å². The van der Waals surface area contributed by atoms with Crippen LogP contribution in [0.3, 0.4) is 0 Å². The maximum absolute atomic E-state index is 12.3. The predicted molar refractivity (Wildman–Crippen MR) is 81.6 cm³/mol. The van der Waals surface area contributed by atoms with Crippen molar-refractivity contribution in [1.82, 2.24) is 0 Å². The van der Waals surface area contributed by atoms with Gasteiger partial charge in [0.05, 0.1) is 0 Å². The van der Waals surface area contributed by atoms with Crippen molar-refractivity contribution in [2.75, 3.05) is 0 Å². The Kier molecular flexibility index (Phi) is 2.68. The first-order valence-corrected chi connectivity index (χ1v) is 8.42. The number of Topliss-reactive ketones (excluding diaryl/α,β-unsaturated/α-hetero) is 1. The molecule has 2 saturated carbocycles. The standard InChI is InChI=1S/C19H24O2/c1-18-9-7-13(20)11-12(18)3-4-14-15-5-6-17(21)19(15,2)10-8-16(14)18/h3-4,11,14-16H,5-10H2,1-2H3/t14-,15-,16-,18+,19-/m0/s1. The van der Waals surface area contributed by atoms with Crippen LogP contribution in [0.5, 0.6) is 0 Å². The summed E-state index contributed by atoms with van der Waals surface area (Å²) >= 11 is 0. The number of carbonyl (C=O) groups is 2. The summed E-state index contributed by atoms with van der Waals surface area (Å²) in [5.74, 6) is 2.44. The molecule has 0 bridgehead atoms. The third kappa shape index (κ3) is 1.65. The quantitative estimate of drug-likeness (QED) is 0.677. The van der Waals surface area contributed by atoms with Crippen LogP contribution in [0.25, 0.3) is 0 Å². The number of allylic oxidation sites excluding steroid dienone is 4. The van der Waals surface area contributed by atoms with E-state index in [9.17, 15) is 9.59 Å². The van der Waals surface area contributed by atoms with Crippen LogP contribution in [0.15, 0.2) is 23.8 Å². The van der Waals surface area contributed by atoms with Gasteiger partial charge in [0.25, 0.3) is 0 Å². The highest BCUT2D eigenvalue weighted by molar-refractivity contribution is 5.92. The summed E-state index contributed by atoms with van der Waals surface area (Å²) in [5, 5.41) is 0. The summed E-state index contributed by atoms with van der Waals surface area (Å²) in [6.45, 7) is 4.56. The van der Waals surface area contributed by atoms with Gasteiger partial charge >= 0.3 is 0 Å². The minimum atomic E-state index is -0.0758. The molecule has 2 heteroatoms. The van der Waals surface area contributed by atoms with E-state index in [0.29, 0.717) is 30.0 Å². The van der Waals surface area contributed by atoms with Gasteiger partial charge in [0.2, 0.25) is 0 Å². The number of hydrogen-bond donors (Lipinski definition) is 0. The van der Waals surface area contributed by atoms with E-state index in [1.165, 1.54) is 5.57 Å². The van der Waals surface area contributed by atoms with E-state index in [2.05, 4.69) is 26.0 Å². The molecule has 0 aromatic heterocycles. The first-order chi connectivity index (χ1) is 9.95. The van der Waals surface area contributed by atoms with Gasteiger partial charge in [-0.1, -0.05) is 26.0 Å². The first-order valence-electron chi connectivity index (χ1n) is 8.42. The molecule has 5 atom stereocenters. The molecule has 0 aromatic rings. The fraction of sp³-hybridized carbons (Fsp3) is 0.684. The highest BCUT2D eigenvalue weighted by Gasteiger charge is 2.57. The average Bonchev–Trinajstić information content (AvgIpc) is 2.76. The summed E-state index contributed by atoms with van der Waals surface area (Å²) in [6.07, 6.45) is 12.1.